The fourth-order valence-electron chi connectivity index (χ4n) is 2.15. The Hall–Kier alpha value is -2.09. The summed E-state index contributed by atoms with van der Waals surface area (Å²) in [5, 5.41) is 6.89. The summed E-state index contributed by atoms with van der Waals surface area (Å²) >= 11 is 0. The van der Waals surface area contributed by atoms with Gasteiger partial charge in [0.25, 0.3) is 0 Å². The van der Waals surface area contributed by atoms with E-state index < -0.39 is 11.9 Å². The molecule has 1 aliphatic rings. The van der Waals surface area contributed by atoms with Crippen molar-refractivity contribution in [1.82, 2.24) is 10.2 Å². The highest BCUT2D eigenvalue weighted by atomic mass is 19.4. The first kappa shape index (κ1) is 13.9. The standard InChI is InChI=1S/C13H12F3N3O2/c14-13(15,16)11-3-4-12(18-17-11)19-5-7-21-10(8-19)9-2-1-6-20-9/h1-4,6,10H,5,7-8H2. The summed E-state index contributed by atoms with van der Waals surface area (Å²) in [7, 11) is 0. The topological polar surface area (TPSA) is 51.4 Å². The molecule has 1 saturated heterocycles. The number of anilines is 1. The normalized spacial score (nSPS) is 19.8. The van der Waals surface area contributed by atoms with Gasteiger partial charge in [-0.1, -0.05) is 0 Å². The molecule has 0 spiro atoms. The second-order valence-corrected chi connectivity index (χ2v) is 4.60. The number of aromatic nitrogens is 2. The van der Waals surface area contributed by atoms with Crippen molar-refractivity contribution in [3.63, 3.8) is 0 Å². The van der Waals surface area contributed by atoms with Crippen LogP contribution in [0, 0.1) is 0 Å². The molecule has 0 N–H and O–H groups in total. The summed E-state index contributed by atoms with van der Waals surface area (Å²) in [6.07, 6.45) is -3.19. The van der Waals surface area contributed by atoms with Gasteiger partial charge in [-0.3, -0.25) is 0 Å². The summed E-state index contributed by atoms with van der Waals surface area (Å²) in [6.45, 7) is 1.43. The van der Waals surface area contributed by atoms with E-state index >= 15 is 0 Å². The average Bonchev–Trinajstić information content (AvgIpc) is 3.01. The SMILES string of the molecule is FC(F)(F)c1ccc(N2CCOC(c3ccco3)C2)nn1. The Bertz CT molecular complexity index is 584. The van der Waals surface area contributed by atoms with E-state index in [9.17, 15) is 13.2 Å². The zero-order valence-electron chi connectivity index (χ0n) is 10.9. The number of furan rings is 1. The first-order chi connectivity index (χ1) is 10.0. The van der Waals surface area contributed by atoms with E-state index in [1.165, 1.54) is 6.07 Å². The van der Waals surface area contributed by atoms with Crippen molar-refractivity contribution in [2.24, 2.45) is 0 Å². The molecule has 0 aromatic carbocycles. The number of ether oxygens (including phenoxy) is 1. The van der Waals surface area contributed by atoms with E-state index in [1.807, 2.05) is 4.90 Å². The Labute approximate surface area is 118 Å². The molecule has 0 bridgehead atoms. The molecular weight excluding hydrogens is 287 g/mol. The Balaban J connectivity index is 1.74. The van der Waals surface area contributed by atoms with E-state index in [-0.39, 0.29) is 6.10 Å². The van der Waals surface area contributed by atoms with Gasteiger partial charge in [0.05, 0.1) is 19.4 Å². The van der Waals surface area contributed by atoms with Gasteiger partial charge in [0.1, 0.15) is 11.9 Å². The first-order valence-corrected chi connectivity index (χ1v) is 6.35. The van der Waals surface area contributed by atoms with Crippen LogP contribution in [0.5, 0.6) is 0 Å². The predicted molar refractivity (Wildman–Crippen MR) is 66.6 cm³/mol. The number of alkyl halides is 3. The van der Waals surface area contributed by atoms with Gasteiger partial charge in [0.15, 0.2) is 11.5 Å². The summed E-state index contributed by atoms with van der Waals surface area (Å²) in [5.74, 6) is 1.07. The summed E-state index contributed by atoms with van der Waals surface area (Å²) in [4.78, 5) is 1.82. The highest BCUT2D eigenvalue weighted by Gasteiger charge is 2.33. The maximum atomic E-state index is 12.5. The molecule has 1 unspecified atom stereocenters. The van der Waals surface area contributed by atoms with Crippen molar-refractivity contribution in [3.8, 4) is 0 Å². The average molecular weight is 299 g/mol. The van der Waals surface area contributed by atoms with E-state index in [0.29, 0.717) is 31.3 Å². The van der Waals surface area contributed by atoms with Gasteiger partial charge in [-0.25, -0.2) is 0 Å². The molecule has 5 nitrogen and oxygen atoms in total. The molecule has 1 fully saturated rings. The summed E-state index contributed by atoms with van der Waals surface area (Å²) in [5.41, 5.74) is -0.998. The molecule has 8 heteroatoms. The number of nitrogens with zero attached hydrogens (tertiary/aromatic N) is 3. The Morgan fingerprint density at radius 3 is 2.67 bits per heavy atom. The van der Waals surface area contributed by atoms with Crippen LogP contribution in [-0.2, 0) is 10.9 Å². The van der Waals surface area contributed by atoms with Crippen LogP contribution in [0.1, 0.15) is 17.6 Å². The van der Waals surface area contributed by atoms with Crippen LogP contribution in [0.2, 0.25) is 0 Å². The van der Waals surface area contributed by atoms with Crippen LogP contribution in [0.25, 0.3) is 0 Å². The van der Waals surface area contributed by atoms with Crippen molar-refractivity contribution >= 4 is 5.82 Å². The quantitative estimate of drug-likeness (QED) is 0.853. The van der Waals surface area contributed by atoms with Gasteiger partial charge in [0.2, 0.25) is 0 Å². The molecule has 1 aliphatic heterocycles. The lowest BCUT2D eigenvalue weighted by Crippen LogP contribution is -2.38. The second kappa shape index (κ2) is 5.36. The van der Waals surface area contributed by atoms with Gasteiger partial charge in [0, 0.05) is 6.54 Å². The van der Waals surface area contributed by atoms with Crippen molar-refractivity contribution < 1.29 is 22.3 Å². The third-order valence-corrected chi connectivity index (χ3v) is 3.19. The molecule has 21 heavy (non-hydrogen) atoms. The van der Waals surface area contributed by atoms with E-state index in [0.717, 1.165) is 6.07 Å². The van der Waals surface area contributed by atoms with Crippen LogP contribution >= 0.6 is 0 Å². The third-order valence-electron chi connectivity index (χ3n) is 3.19. The maximum Gasteiger partial charge on any atom is 0.435 e. The molecule has 0 amide bonds. The molecule has 112 valence electrons. The molecule has 3 rings (SSSR count). The highest BCUT2D eigenvalue weighted by molar-refractivity contribution is 5.38. The summed E-state index contributed by atoms with van der Waals surface area (Å²) in [6, 6.07) is 5.81. The van der Waals surface area contributed by atoms with Gasteiger partial charge < -0.3 is 14.1 Å². The monoisotopic (exact) mass is 299 g/mol. The van der Waals surface area contributed by atoms with Crippen LogP contribution in [0.3, 0.4) is 0 Å². The Morgan fingerprint density at radius 2 is 2.05 bits per heavy atom. The van der Waals surface area contributed by atoms with Gasteiger partial charge >= 0.3 is 6.18 Å². The van der Waals surface area contributed by atoms with Crippen molar-refractivity contribution in [3.05, 3.63) is 42.0 Å². The molecule has 2 aromatic rings. The highest BCUT2D eigenvalue weighted by Crippen LogP contribution is 2.29. The largest absolute Gasteiger partial charge is 0.467 e. The number of hydrogen-bond donors (Lipinski definition) is 0. The minimum absolute atomic E-state index is 0.266. The van der Waals surface area contributed by atoms with Crippen molar-refractivity contribution in [2.45, 2.75) is 12.3 Å². The van der Waals surface area contributed by atoms with E-state index in [2.05, 4.69) is 10.2 Å². The third kappa shape index (κ3) is 2.99. The maximum absolute atomic E-state index is 12.5. The molecule has 1 atom stereocenters. The molecule has 0 radical (unpaired) electrons. The van der Waals surface area contributed by atoms with E-state index in [4.69, 9.17) is 9.15 Å². The van der Waals surface area contributed by atoms with Gasteiger partial charge in [-0.05, 0) is 24.3 Å². The van der Waals surface area contributed by atoms with Crippen LogP contribution in [0.4, 0.5) is 19.0 Å². The fourth-order valence-corrected chi connectivity index (χ4v) is 2.15. The predicted octanol–water partition coefficient (Wildman–Crippen LogP) is 2.67. The smallest absolute Gasteiger partial charge is 0.435 e. The second-order valence-electron chi connectivity index (χ2n) is 4.60. The fraction of sp³-hybridized carbons (Fsp3) is 0.385. The molecule has 0 aliphatic carbocycles. The Morgan fingerprint density at radius 1 is 1.19 bits per heavy atom. The first-order valence-electron chi connectivity index (χ1n) is 6.35. The minimum Gasteiger partial charge on any atom is -0.467 e. The summed E-state index contributed by atoms with van der Waals surface area (Å²) < 4.78 is 48.3. The zero-order chi connectivity index (χ0) is 14.9. The van der Waals surface area contributed by atoms with Gasteiger partial charge in [-0.15, -0.1) is 10.2 Å². The Kier molecular flexibility index (Phi) is 3.54. The van der Waals surface area contributed by atoms with Crippen molar-refractivity contribution in [2.75, 3.05) is 24.6 Å². The lowest BCUT2D eigenvalue weighted by molar-refractivity contribution is -0.141. The number of morpholine rings is 1. The molecule has 2 aromatic heterocycles. The number of halogens is 3. The zero-order valence-corrected chi connectivity index (χ0v) is 10.9. The van der Waals surface area contributed by atoms with Crippen molar-refractivity contribution in [1.29, 1.82) is 0 Å². The lowest BCUT2D eigenvalue weighted by atomic mass is 10.2. The minimum atomic E-state index is -4.48. The van der Waals surface area contributed by atoms with Crippen LogP contribution in [-0.4, -0.2) is 29.9 Å². The number of hydrogen-bond acceptors (Lipinski definition) is 5. The molecule has 3 heterocycles. The van der Waals surface area contributed by atoms with Crippen LogP contribution in [0.15, 0.2) is 34.9 Å². The molecular formula is C13H12F3N3O2. The molecule has 0 saturated carbocycles. The van der Waals surface area contributed by atoms with Gasteiger partial charge in [-0.2, -0.15) is 13.2 Å². The lowest BCUT2D eigenvalue weighted by Gasteiger charge is -2.32. The van der Waals surface area contributed by atoms with E-state index in [1.54, 1.807) is 18.4 Å². The van der Waals surface area contributed by atoms with Crippen LogP contribution < -0.4 is 4.90 Å². The number of rotatable bonds is 2.